The van der Waals surface area contributed by atoms with E-state index < -0.39 is 0 Å². The van der Waals surface area contributed by atoms with Gasteiger partial charge in [0.2, 0.25) is 0 Å². The van der Waals surface area contributed by atoms with Crippen LogP contribution in [0, 0.1) is 5.92 Å². The molecule has 26 heavy (non-hydrogen) atoms. The van der Waals surface area contributed by atoms with Crippen LogP contribution < -0.4 is 10.1 Å². The summed E-state index contributed by atoms with van der Waals surface area (Å²) in [5.74, 6) is 3.03. The molecule has 1 atom stereocenters. The normalized spacial score (nSPS) is 17.8. The lowest BCUT2D eigenvalue weighted by molar-refractivity contribution is 0.114. The molecule has 0 aromatic heterocycles. The average molecular weight is 362 g/mol. The Labute approximate surface area is 158 Å². The van der Waals surface area contributed by atoms with Crippen molar-refractivity contribution >= 4 is 5.96 Å². The van der Waals surface area contributed by atoms with Crippen molar-refractivity contribution < 1.29 is 9.47 Å². The van der Waals surface area contributed by atoms with Gasteiger partial charge in [0, 0.05) is 32.2 Å². The molecule has 0 aliphatic carbocycles. The maximum absolute atomic E-state index is 5.99. The van der Waals surface area contributed by atoms with E-state index in [0.29, 0.717) is 25.0 Å². The maximum atomic E-state index is 5.99. The SMILES string of the molecule is CCNC(=NCCOc1ccccc1C(C)C)N1CCC(COCC)C1. The molecule has 1 aromatic carbocycles. The van der Waals surface area contributed by atoms with Crippen LogP contribution in [0.25, 0.3) is 0 Å². The van der Waals surface area contributed by atoms with E-state index in [1.54, 1.807) is 0 Å². The lowest BCUT2D eigenvalue weighted by atomic mass is 10.0. The number of guanidine groups is 1. The summed E-state index contributed by atoms with van der Waals surface area (Å²) >= 11 is 0. The molecule has 2 rings (SSSR count). The van der Waals surface area contributed by atoms with Crippen molar-refractivity contribution in [2.24, 2.45) is 10.9 Å². The predicted molar refractivity (Wildman–Crippen MR) is 108 cm³/mol. The Bertz CT molecular complexity index is 560. The number of para-hydroxylation sites is 1. The molecule has 146 valence electrons. The van der Waals surface area contributed by atoms with Crippen molar-refractivity contribution in [3.05, 3.63) is 29.8 Å². The molecule has 1 aromatic rings. The fourth-order valence-corrected chi connectivity index (χ4v) is 3.27. The summed E-state index contributed by atoms with van der Waals surface area (Å²) in [6, 6.07) is 8.27. The molecule has 1 fully saturated rings. The van der Waals surface area contributed by atoms with Crippen LogP contribution in [0.4, 0.5) is 0 Å². The van der Waals surface area contributed by atoms with Gasteiger partial charge in [0.15, 0.2) is 5.96 Å². The molecular weight excluding hydrogens is 326 g/mol. The third-order valence-corrected chi connectivity index (χ3v) is 4.63. The third-order valence-electron chi connectivity index (χ3n) is 4.63. The van der Waals surface area contributed by atoms with Crippen molar-refractivity contribution in [2.45, 2.75) is 40.0 Å². The zero-order chi connectivity index (χ0) is 18.8. The minimum atomic E-state index is 0.457. The number of hydrogen-bond donors (Lipinski definition) is 1. The first-order chi connectivity index (χ1) is 12.7. The Morgan fingerprint density at radius 3 is 2.85 bits per heavy atom. The van der Waals surface area contributed by atoms with Crippen LogP contribution in [-0.2, 0) is 4.74 Å². The molecule has 1 aliphatic heterocycles. The summed E-state index contributed by atoms with van der Waals surface area (Å²) in [5.41, 5.74) is 1.25. The summed E-state index contributed by atoms with van der Waals surface area (Å²) in [4.78, 5) is 7.11. The summed E-state index contributed by atoms with van der Waals surface area (Å²) in [6.45, 7) is 14.4. The Morgan fingerprint density at radius 1 is 1.31 bits per heavy atom. The van der Waals surface area contributed by atoms with Crippen molar-refractivity contribution in [1.82, 2.24) is 10.2 Å². The van der Waals surface area contributed by atoms with Gasteiger partial charge in [0.05, 0.1) is 13.2 Å². The first-order valence-electron chi connectivity index (χ1n) is 9.98. The zero-order valence-electron chi connectivity index (χ0n) is 16.8. The molecule has 0 amide bonds. The highest BCUT2D eigenvalue weighted by molar-refractivity contribution is 5.80. The lowest BCUT2D eigenvalue weighted by Crippen LogP contribution is -2.40. The Balaban J connectivity index is 1.86. The van der Waals surface area contributed by atoms with Gasteiger partial charge in [-0.15, -0.1) is 0 Å². The summed E-state index contributed by atoms with van der Waals surface area (Å²) in [7, 11) is 0. The summed E-state index contributed by atoms with van der Waals surface area (Å²) in [6.07, 6.45) is 1.17. The first kappa shape index (κ1) is 20.6. The highest BCUT2D eigenvalue weighted by Gasteiger charge is 2.24. The van der Waals surface area contributed by atoms with E-state index in [1.165, 1.54) is 12.0 Å². The molecule has 1 N–H and O–H groups in total. The van der Waals surface area contributed by atoms with Crippen molar-refractivity contribution in [3.8, 4) is 5.75 Å². The molecule has 1 heterocycles. The van der Waals surface area contributed by atoms with Gasteiger partial charge in [-0.25, -0.2) is 4.99 Å². The molecule has 5 heteroatoms. The van der Waals surface area contributed by atoms with Crippen molar-refractivity contribution in [2.75, 3.05) is 46.0 Å². The molecular formula is C21H35N3O2. The van der Waals surface area contributed by atoms with Crippen LogP contribution >= 0.6 is 0 Å². The quantitative estimate of drug-likeness (QED) is 0.415. The molecule has 0 radical (unpaired) electrons. The smallest absolute Gasteiger partial charge is 0.194 e. The lowest BCUT2D eigenvalue weighted by Gasteiger charge is -2.22. The Morgan fingerprint density at radius 2 is 2.12 bits per heavy atom. The minimum absolute atomic E-state index is 0.457. The van der Waals surface area contributed by atoms with E-state index in [4.69, 9.17) is 14.5 Å². The predicted octanol–water partition coefficient (Wildman–Crippen LogP) is 3.51. The third kappa shape index (κ3) is 6.20. The number of nitrogens with one attached hydrogen (secondary N) is 1. The number of nitrogens with zero attached hydrogens (tertiary/aromatic N) is 2. The largest absolute Gasteiger partial charge is 0.491 e. The van der Waals surface area contributed by atoms with Gasteiger partial charge in [-0.3, -0.25) is 0 Å². The van der Waals surface area contributed by atoms with E-state index in [1.807, 2.05) is 12.1 Å². The molecule has 0 saturated carbocycles. The van der Waals surface area contributed by atoms with Crippen molar-refractivity contribution in [1.29, 1.82) is 0 Å². The number of ether oxygens (including phenoxy) is 2. The molecule has 1 aliphatic rings. The van der Waals surface area contributed by atoms with E-state index in [2.05, 4.69) is 50.0 Å². The highest BCUT2D eigenvalue weighted by Crippen LogP contribution is 2.25. The fourth-order valence-electron chi connectivity index (χ4n) is 3.27. The van der Waals surface area contributed by atoms with Gasteiger partial charge in [-0.1, -0.05) is 32.0 Å². The van der Waals surface area contributed by atoms with Crippen LogP contribution in [0.5, 0.6) is 5.75 Å². The Hall–Kier alpha value is -1.75. The van der Waals surface area contributed by atoms with Crippen molar-refractivity contribution in [3.63, 3.8) is 0 Å². The van der Waals surface area contributed by atoms with Crippen LogP contribution in [-0.4, -0.2) is 56.9 Å². The summed E-state index contributed by atoms with van der Waals surface area (Å²) < 4.78 is 11.6. The van der Waals surface area contributed by atoms with Crippen LogP contribution in [0.2, 0.25) is 0 Å². The van der Waals surface area contributed by atoms with E-state index in [9.17, 15) is 0 Å². The zero-order valence-corrected chi connectivity index (χ0v) is 16.8. The maximum Gasteiger partial charge on any atom is 0.194 e. The Kier molecular flexibility index (Phi) is 8.75. The topological polar surface area (TPSA) is 46.1 Å². The molecule has 0 bridgehead atoms. The second-order valence-corrected chi connectivity index (χ2v) is 7.04. The van der Waals surface area contributed by atoms with Gasteiger partial charge >= 0.3 is 0 Å². The molecule has 1 saturated heterocycles. The van der Waals surface area contributed by atoms with Gasteiger partial charge in [-0.05, 0) is 37.8 Å². The van der Waals surface area contributed by atoms with Gasteiger partial charge in [0.1, 0.15) is 12.4 Å². The first-order valence-corrected chi connectivity index (χ1v) is 9.98. The van der Waals surface area contributed by atoms with Gasteiger partial charge < -0.3 is 19.7 Å². The number of likely N-dealkylation sites (tertiary alicyclic amines) is 1. The fraction of sp³-hybridized carbons (Fsp3) is 0.667. The molecule has 1 unspecified atom stereocenters. The van der Waals surface area contributed by atoms with Crippen LogP contribution in [0.3, 0.4) is 0 Å². The number of rotatable bonds is 9. The number of hydrogen-bond acceptors (Lipinski definition) is 3. The van der Waals surface area contributed by atoms with Gasteiger partial charge in [0.25, 0.3) is 0 Å². The second kappa shape index (κ2) is 11.1. The minimum Gasteiger partial charge on any atom is -0.491 e. The van der Waals surface area contributed by atoms with Crippen LogP contribution in [0.15, 0.2) is 29.3 Å². The number of aliphatic imine (C=N–C) groups is 1. The highest BCUT2D eigenvalue weighted by atomic mass is 16.5. The average Bonchev–Trinajstić information content (AvgIpc) is 3.11. The standard InChI is InChI=1S/C21H35N3O2/c1-5-22-21(24-13-11-18(15-24)16-25-6-2)23-12-14-26-20-10-8-7-9-19(20)17(3)4/h7-10,17-18H,5-6,11-16H2,1-4H3,(H,22,23). The van der Waals surface area contributed by atoms with E-state index in [0.717, 1.165) is 44.6 Å². The molecule has 5 nitrogen and oxygen atoms in total. The van der Waals surface area contributed by atoms with Gasteiger partial charge in [-0.2, -0.15) is 0 Å². The monoisotopic (exact) mass is 361 g/mol. The van der Waals surface area contributed by atoms with Crippen LogP contribution in [0.1, 0.15) is 45.6 Å². The van der Waals surface area contributed by atoms with E-state index in [-0.39, 0.29) is 0 Å². The summed E-state index contributed by atoms with van der Waals surface area (Å²) in [5, 5.41) is 3.41. The van der Waals surface area contributed by atoms with E-state index >= 15 is 0 Å². The number of benzene rings is 1. The molecule has 0 spiro atoms. The second-order valence-electron chi connectivity index (χ2n) is 7.04.